The maximum absolute atomic E-state index is 15.1. The first-order valence-corrected chi connectivity index (χ1v) is 46.5. The molecule has 4 atom stereocenters. The molecule has 117 heavy (non-hydrogen) atoms. The van der Waals surface area contributed by atoms with Crippen LogP contribution < -0.4 is 53.2 Å². The van der Waals surface area contributed by atoms with E-state index in [9.17, 15) is 43.2 Å². The minimum Gasteiger partial charge on any atom is -0.444 e. The van der Waals surface area contributed by atoms with Crippen molar-refractivity contribution in [3.8, 4) is 0 Å². The van der Waals surface area contributed by atoms with Gasteiger partial charge in [-0.05, 0) is 142 Å². The van der Waals surface area contributed by atoms with Crippen LogP contribution in [0.3, 0.4) is 0 Å². The average molecular weight is 1680 g/mol. The molecule has 0 aliphatic heterocycles. The molecule has 0 aliphatic carbocycles. The number of rotatable bonds is 67. The molecule has 0 spiro atoms. The fourth-order valence-electron chi connectivity index (χ4n) is 13.2. The van der Waals surface area contributed by atoms with Gasteiger partial charge >= 0.3 is 30.5 Å². The molecule has 0 aromatic heterocycles. The summed E-state index contributed by atoms with van der Waals surface area (Å²) in [6.45, 7) is 31.1. The van der Waals surface area contributed by atoms with Gasteiger partial charge in [-0.1, -0.05) is 206 Å². The lowest BCUT2D eigenvalue weighted by Crippen LogP contribution is -2.45. The molecule has 11 amide bonds. The lowest BCUT2D eigenvalue weighted by atomic mass is 9.80. The molecular weight excluding hydrogens is 1510 g/mol. The molecular formula is C89H169N11O16S. The van der Waals surface area contributed by atoms with Crippen LogP contribution in [0.1, 0.15) is 362 Å². The summed E-state index contributed by atoms with van der Waals surface area (Å²) < 4.78 is 27.0. The number of nitrogens with one attached hydrogen (secondary N) is 10. The number of alkyl carbamates (subject to hydrolysis) is 5. The van der Waals surface area contributed by atoms with Crippen molar-refractivity contribution in [3.05, 3.63) is 0 Å². The molecule has 0 saturated heterocycles. The second kappa shape index (κ2) is 66.3. The number of nitrogens with zero attached hydrogens (tertiary/aromatic N) is 1. The molecule has 27 nitrogen and oxygen atoms in total. The molecule has 0 rings (SSSR count). The van der Waals surface area contributed by atoms with Crippen molar-refractivity contribution in [2.75, 3.05) is 90.0 Å². The second-order valence-electron chi connectivity index (χ2n) is 36.5. The number of unbranched alkanes of at least 4 members (excludes halogenated alkanes) is 30. The molecule has 4 unspecified atom stereocenters. The molecule has 0 fully saturated rings. The van der Waals surface area contributed by atoms with Crippen LogP contribution in [0.15, 0.2) is 0 Å². The van der Waals surface area contributed by atoms with Gasteiger partial charge in [-0.3, -0.25) is 28.8 Å². The average Bonchev–Trinajstić information content (AvgIpc) is 0.850. The fourth-order valence-corrected chi connectivity index (χ4v) is 14.2. The highest BCUT2D eigenvalue weighted by Crippen LogP contribution is 2.30. The van der Waals surface area contributed by atoms with E-state index in [0.717, 1.165) is 38.5 Å². The van der Waals surface area contributed by atoms with Crippen LogP contribution in [-0.2, 0) is 52.5 Å². The monoisotopic (exact) mass is 1680 g/mol. The Morgan fingerprint density at radius 2 is 0.496 bits per heavy atom. The predicted octanol–water partition coefficient (Wildman–Crippen LogP) is 17.1. The van der Waals surface area contributed by atoms with E-state index < -0.39 is 112 Å². The molecule has 28 heteroatoms. The Hall–Kier alpha value is -6.48. The van der Waals surface area contributed by atoms with Crippen LogP contribution in [0.4, 0.5) is 24.0 Å². The molecule has 0 saturated carbocycles. The van der Waals surface area contributed by atoms with Gasteiger partial charge in [0.25, 0.3) is 0 Å². The summed E-state index contributed by atoms with van der Waals surface area (Å²) in [4.78, 5) is 153. The number of amides is 11. The first-order valence-electron chi connectivity index (χ1n) is 45.3. The first-order chi connectivity index (χ1) is 55.2. The Balaban J connectivity index is 7.46. The first kappa shape index (κ1) is 111. The highest BCUT2D eigenvalue weighted by molar-refractivity contribution is 7.99. The molecule has 0 aromatic carbocycles. The van der Waals surface area contributed by atoms with E-state index in [1.807, 2.05) is 4.90 Å². The van der Waals surface area contributed by atoms with E-state index >= 15 is 9.59 Å². The van der Waals surface area contributed by atoms with Gasteiger partial charge in [0.2, 0.25) is 35.4 Å². The fraction of sp³-hybridized carbons (Fsp3) is 0.876. The summed E-state index contributed by atoms with van der Waals surface area (Å²) in [6.07, 6.45) is 35.7. The van der Waals surface area contributed by atoms with Crippen LogP contribution in [0.25, 0.3) is 0 Å². The standard InChI is InChI=1S/C89H169N11O16S/c1-18-20-22-24-26-28-30-32-34-36-38-40-42-44-46-48-63-100(64-49-47-45-43-41-39-37-35-33-31-29-27-25-23-21-19-2)75(102)52-65-117-69-73(79(106)94-57-62-99-84(111)116-89(15,16)17)68-72(78(105)93-56-61-98-83(110)115-88(12,13)14)67-71(77(104)92-55-60-97-82(109)114-87(9,10)11)66-70(76(103)91-54-59-96-81(108)113-86(6,7)8)50-51-74(101)90-53-58-95-80(107)112-85(3,4)5/h70-73H,18-69H2,1-17H3,(H,90,101)(H,91,103)(H,92,104)(H,93,105)(H,94,106)(H,95,107)(H,96,108)(H,97,109)(H,98,110)(H,99,111). The molecule has 682 valence electrons. The topological polar surface area (TPSA) is 357 Å². The number of carbonyl (C=O) groups excluding carboxylic acids is 11. The van der Waals surface area contributed by atoms with Gasteiger partial charge in [0.15, 0.2) is 0 Å². The van der Waals surface area contributed by atoms with E-state index in [4.69, 9.17) is 23.7 Å². The summed E-state index contributed by atoms with van der Waals surface area (Å²) in [5, 5.41) is 27.5. The summed E-state index contributed by atoms with van der Waals surface area (Å²) in [6, 6.07) is 0. The third kappa shape index (κ3) is 71.0. The van der Waals surface area contributed by atoms with Gasteiger partial charge in [0.1, 0.15) is 28.0 Å². The van der Waals surface area contributed by atoms with Crippen molar-refractivity contribution < 1.29 is 76.4 Å². The van der Waals surface area contributed by atoms with Gasteiger partial charge < -0.3 is 81.8 Å². The molecule has 0 aliphatic rings. The lowest BCUT2D eigenvalue weighted by molar-refractivity contribution is -0.132. The van der Waals surface area contributed by atoms with Gasteiger partial charge in [0, 0.05) is 127 Å². The molecule has 0 radical (unpaired) electrons. The summed E-state index contributed by atoms with van der Waals surface area (Å²) in [7, 11) is 0. The van der Waals surface area contributed by atoms with E-state index in [-0.39, 0.29) is 116 Å². The highest BCUT2D eigenvalue weighted by atomic mass is 32.2. The van der Waals surface area contributed by atoms with Crippen LogP contribution in [0.5, 0.6) is 0 Å². The normalized spacial score (nSPS) is 12.8. The smallest absolute Gasteiger partial charge is 0.407 e. The third-order valence-electron chi connectivity index (χ3n) is 19.1. The molecule has 0 heterocycles. The molecule has 0 bridgehead atoms. The van der Waals surface area contributed by atoms with Gasteiger partial charge in [-0.2, -0.15) is 11.8 Å². The van der Waals surface area contributed by atoms with E-state index in [1.54, 1.807) is 104 Å². The largest absolute Gasteiger partial charge is 0.444 e. The number of hydrogen-bond donors (Lipinski definition) is 10. The Morgan fingerprint density at radius 1 is 0.274 bits per heavy atom. The molecule has 10 N–H and O–H groups in total. The van der Waals surface area contributed by atoms with Crippen molar-refractivity contribution in [3.63, 3.8) is 0 Å². The third-order valence-corrected chi connectivity index (χ3v) is 20.2. The van der Waals surface area contributed by atoms with E-state index in [0.29, 0.717) is 18.8 Å². The zero-order chi connectivity index (χ0) is 87.8. The quantitative estimate of drug-likeness (QED) is 0.0200. The number of ether oxygens (including phenoxy) is 5. The maximum Gasteiger partial charge on any atom is 0.407 e. The van der Waals surface area contributed by atoms with Crippen molar-refractivity contribution in [1.82, 2.24) is 58.1 Å². The van der Waals surface area contributed by atoms with E-state index in [1.165, 1.54) is 179 Å². The van der Waals surface area contributed by atoms with Crippen LogP contribution in [0.2, 0.25) is 0 Å². The van der Waals surface area contributed by atoms with Crippen molar-refractivity contribution in [2.24, 2.45) is 23.7 Å². The zero-order valence-electron chi connectivity index (χ0n) is 76.5. The summed E-state index contributed by atoms with van der Waals surface area (Å²) in [5.41, 5.74) is -4.00. The Morgan fingerprint density at radius 3 is 0.769 bits per heavy atom. The molecule has 0 aromatic rings. The van der Waals surface area contributed by atoms with Gasteiger partial charge in [0.05, 0.1) is 0 Å². The SMILES string of the molecule is CCCCCCCCCCCCCCCCCCN(CCCCCCCCCCCCCCCCCC)C(=O)CCSCC(CC(CC(CC(CCC(=O)NCCNC(=O)OC(C)(C)C)C(=O)NCCNC(=O)OC(C)(C)C)C(=O)NCCNC(=O)OC(C)(C)C)C(=O)NCCNC(=O)OC(C)(C)C)C(=O)NCCNC(=O)OC(C)(C)C. The number of hydrogen-bond acceptors (Lipinski definition) is 17. The van der Waals surface area contributed by atoms with Gasteiger partial charge in [-0.15, -0.1) is 0 Å². The van der Waals surface area contributed by atoms with E-state index in [2.05, 4.69) is 67.0 Å². The van der Waals surface area contributed by atoms with Crippen molar-refractivity contribution in [2.45, 2.75) is 390 Å². The Kier molecular flexibility index (Phi) is 62.6. The summed E-state index contributed by atoms with van der Waals surface area (Å²) >= 11 is 1.39. The Labute approximate surface area is 712 Å². The van der Waals surface area contributed by atoms with Crippen molar-refractivity contribution in [1.29, 1.82) is 0 Å². The van der Waals surface area contributed by atoms with Crippen LogP contribution >= 0.6 is 11.8 Å². The lowest BCUT2D eigenvalue weighted by Gasteiger charge is -2.28. The maximum atomic E-state index is 15.1. The van der Waals surface area contributed by atoms with Crippen molar-refractivity contribution >= 4 is 77.7 Å². The number of thioether (sulfide) groups is 1. The minimum atomic E-state index is -1.21. The van der Waals surface area contributed by atoms with Crippen LogP contribution in [0, 0.1) is 23.7 Å². The van der Waals surface area contributed by atoms with Gasteiger partial charge in [-0.25, -0.2) is 24.0 Å². The highest BCUT2D eigenvalue weighted by Gasteiger charge is 2.36. The predicted molar refractivity (Wildman–Crippen MR) is 471 cm³/mol. The second-order valence-corrected chi connectivity index (χ2v) is 37.7. The minimum absolute atomic E-state index is 0.00917. The Bertz CT molecular complexity index is 2680. The van der Waals surface area contributed by atoms with Crippen LogP contribution in [-0.4, -0.2) is 189 Å². The number of carbonyl (C=O) groups is 11. The zero-order valence-corrected chi connectivity index (χ0v) is 77.3. The summed E-state index contributed by atoms with van der Waals surface area (Å²) in [5.74, 6) is -6.69.